The number of benzene rings is 1. The minimum absolute atomic E-state index is 0.422. The molecule has 0 spiro atoms. The van der Waals surface area contributed by atoms with E-state index in [1.807, 2.05) is 36.5 Å². The van der Waals surface area contributed by atoms with Crippen LogP contribution >= 0.6 is 0 Å². The molecular weight excluding hydrogens is 300 g/mol. The van der Waals surface area contributed by atoms with Gasteiger partial charge in [0.1, 0.15) is 11.3 Å². The molecule has 5 heteroatoms. The molecule has 24 heavy (non-hydrogen) atoms. The van der Waals surface area contributed by atoms with Crippen molar-refractivity contribution in [2.24, 2.45) is 0 Å². The molecule has 0 amide bonds. The molecule has 0 radical (unpaired) electrons. The molecule has 5 nitrogen and oxygen atoms in total. The Hall–Kier alpha value is -2.27. The fraction of sp³-hybridized carbons (Fsp3) is 0.421. The normalized spacial score (nSPS) is 16.7. The van der Waals surface area contributed by atoms with E-state index in [-0.39, 0.29) is 0 Å². The zero-order chi connectivity index (χ0) is 16.4. The first-order valence-corrected chi connectivity index (χ1v) is 8.70. The molecule has 0 N–H and O–H groups in total. The number of piperidine rings is 1. The second-order valence-corrected chi connectivity index (χ2v) is 6.39. The van der Waals surface area contributed by atoms with Crippen molar-refractivity contribution in [3.63, 3.8) is 0 Å². The second kappa shape index (κ2) is 6.69. The molecule has 3 heterocycles. The highest BCUT2D eigenvalue weighted by atomic mass is 16.3. The van der Waals surface area contributed by atoms with E-state index in [1.165, 1.54) is 0 Å². The summed E-state index contributed by atoms with van der Waals surface area (Å²) < 4.78 is 5.94. The van der Waals surface area contributed by atoms with E-state index >= 15 is 0 Å². The molecule has 0 unspecified atom stereocenters. The summed E-state index contributed by atoms with van der Waals surface area (Å²) >= 11 is 0. The molecule has 124 valence electrons. The predicted octanol–water partition coefficient (Wildman–Crippen LogP) is 3.56. The van der Waals surface area contributed by atoms with E-state index in [4.69, 9.17) is 4.42 Å². The van der Waals surface area contributed by atoms with Gasteiger partial charge in [-0.2, -0.15) is 0 Å². The van der Waals surface area contributed by atoms with Crippen molar-refractivity contribution >= 4 is 11.1 Å². The van der Waals surface area contributed by atoms with Crippen LogP contribution in [0, 0.1) is 0 Å². The number of oxazole rings is 1. The van der Waals surface area contributed by atoms with Crippen LogP contribution in [0.2, 0.25) is 0 Å². The van der Waals surface area contributed by atoms with E-state index in [0.717, 1.165) is 67.4 Å². The van der Waals surface area contributed by atoms with Gasteiger partial charge < -0.3 is 4.42 Å². The zero-order valence-electron chi connectivity index (χ0n) is 14.0. The fourth-order valence-electron chi connectivity index (χ4n) is 3.33. The maximum atomic E-state index is 5.94. The summed E-state index contributed by atoms with van der Waals surface area (Å²) in [5.41, 5.74) is 2.97. The number of fused-ring (bicyclic) bond motifs is 1. The largest absolute Gasteiger partial charge is 0.440 e. The van der Waals surface area contributed by atoms with Gasteiger partial charge in [0, 0.05) is 25.1 Å². The van der Waals surface area contributed by atoms with E-state index in [9.17, 15) is 0 Å². The average Bonchev–Trinajstić information content (AvgIpc) is 3.06. The van der Waals surface area contributed by atoms with Gasteiger partial charge in [-0.3, -0.25) is 4.90 Å². The number of rotatable bonds is 4. The lowest BCUT2D eigenvalue weighted by atomic mass is 9.96. The molecule has 1 aromatic carbocycles. The van der Waals surface area contributed by atoms with Crippen LogP contribution in [0.15, 0.2) is 40.9 Å². The Kier molecular flexibility index (Phi) is 4.26. The van der Waals surface area contributed by atoms with E-state index in [2.05, 4.69) is 26.8 Å². The molecule has 0 bridgehead atoms. The summed E-state index contributed by atoms with van der Waals surface area (Å²) in [4.78, 5) is 16.0. The lowest BCUT2D eigenvalue weighted by Crippen LogP contribution is -2.32. The number of nitrogens with zero attached hydrogens (tertiary/aromatic N) is 4. The maximum absolute atomic E-state index is 5.94. The third-order valence-electron chi connectivity index (χ3n) is 4.71. The number of hydrogen-bond acceptors (Lipinski definition) is 5. The highest BCUT2D eigenvalue weighted by Crippen LogP contribution is 2.30. The van der Waals surface area contributed by atoms with Gasteiger partial charge in [-0.15, -0.1) is 0 Å². The number of para-hydroxylation sites is 2. The van der Waals surface area contributed by atoms with Crippen LogP contribution in [0.5, 0.6) is 0 Å². The molecule has 4 rings (SSSR count). The summed E-state index contributed by atoms with van der Waals surface area (Å²) in [7, 11) is 0. The third-order valence-corrected chi connectivity index (χ3v) is 4.71. The highest BCUT2D eigenvalue weighted by molar-refractivity contribution is 5.72. The predicted molar refractivity (Wildman–Crippen MR) is 92.7 cm³/mol. The van der Waals surface area contributed by atoms with E-state index in [1.54, 1.807) is 0 Å². The van der Waals surface area contributed by atoms with Crippen LogP contribution in [0.1, 0.15) is 43.1 Å². The summed E-state index contributed by atoms with van der Waals surface area (Å²) in [5.74, 6) is 2.24. The van der Waals surface area contributed by atoms with Crippen molar-refractivity contribution < 1.29 is 4.42 Å². The number of likely N-dealkylation sites (tertiary alicyclic amines) is 1. The molecule has 3 aromatic rings. The Morgan fingerprint density at radius 1 is 1.12 bits per heavy atom. The second-order valence-electron chi connectivity index (χ2n) is 6.39. The van der Waals surface area contributed by atoms with Gasteiger partial charge in [-0.05, 0) is 44.1 Å². The van der Waals surface area contributed by atoms with Gasteiger partial charge in [0.05, 0.1) is 5.69 Å². The SMILES string of the molecule is CCc1nccc(CN2CCC(c3nc4ccccc4o3)CC2)n1. The van der Waals surface area contributed by atoms with Gasteiger partial charge in [0.15, 0.2) is 11.5 Å². The lowest BCUT2D eigenvalue weighted by molar-refractivity contribution is 0.192. The molecular formula is C19H22N4O. The van der Waals surface area contributed by atoms with Gasteiger partial charge >= 0.3 is 0 Å². The van der Waals surface area contributed by atoms with Crippen LogP contribution in [-0.2, 0) is 13.0 Å². The standard InChI is InChI=1S/C19H22N4O/c1-2-18-20-10-7-15(21-18)13-23-11-8-14(9-12-23)19-22-16-5-3-4-6-17(16)24-19/h3-7,10,14H,2,8-9,11-13H2,1H3. The van der Waals surface area contributed by atoms with Crippen LogP contribution in [0.25, 0.3) is 11.1 Å². The molecule has 0 aliphatic carbocycles. The quantitative estimate of drug-likeness (QED) is 0.735. The first-order valence-electron chi connectivity index (χ1n) is 8.70. The van der Waals surface area contributed by atoms with Crippen molar-refractivity contribution in [1.29, 1.82) is 0 Å². The molecule has 1 aliphatic rings. The molecule has 1 saturated heterocycles. The van der Waals surface area contributed by atoms with Gasteiger partial charge in [0.25, 0.3) is 0 Å². The first kappa shape index (κ1) is 15.3. The van der Waals surface area contributed by atoms with Crippen molar-refractivity contribution in [2.45, 2.75) is 38.6 Å². The highest BCUT2D eigenvalue weighted by Gasteiger charge is 2.24. The Labute approximate surface area is 141 Å². The first-order chi connectivity index (χ1) is 11.8. The maximum Gasteiger partial charge on any atom is 0.198 e. The van der Waals surface area contributed by atoms with Crippen molar-refractivity contribution in [3.8, 4) is 0 Å². The number of aryl methyl sites for hydroxylation is 1. The van der Waals surface area contributed by atoms with Gasteiger partial charge in [-0.25, -0.2) is 15.0 Å². The third kappa shape index (κ3) is 3.17. The van der Waals surface area contributed by atoms with Crippen molar-refractivity contribution in [3.05, 3.63) is 53.9 Å². The van der Waals surface area contributed by atoms with Gasteiger partial charge in [0.2, 0.25) is 0 Å². The Morgan fingerprint density at radius 3 is 2.75 bits per heavy atom. The minimum atomic E-state index is 0.422. The Bertz CT molecular complexity index is 788. The molecule has 1 fully saturated rings. The summed E-state index contributed by atoms with van der Waals surface area (Å²) in [6.07, 6.45) is 4.91. The van der Waals surface area contributed by atoms with Gasteiger partial charge in [-0.1, -0.05) is 19.1 Å². The molecule has 1 aliphatic heterocycles. The molecule has 0 atom stereocenters. The average molecular weight is 322 g/mol. The molecule has 0 saturated carbocycles. The lowest BCUT2D eigenvalue weighted by Gasteiger charge is -2.30. The van der Waals surface area contributed by atoms with Crippen molar-refractivity contribution in [1.82, 2.24) is 19.9 Å². The smallest absolute Gasteiger partial charge is 0.198 e. The number of aromatic nitrogens is 3. The van der Waals surface area contributed by atoms with E-state index < -0.39 is 0 Å². The van der Waals surface area contributed by atoms with Crippen LogP contribution in [0.4, 0.5) is 0 Å². The zero-order valence-corrected chi connectivity index (χ0v) is 14.0. The number of hydrogen-bond donors (Lipinski definition) is 0. The summed E-state index contributed by atoms with van der Waals surface area (Å²) in [6.45, 7) is 5.09. The van der Waals surface area contributed by atoms with E-state index in [0.29, 0.717) is 5.92 Å². The summed E-state index contributed by atoms with van der Waals surface area (Å²) in [5, 5.41) is 0. The topological polar surface area (TPSA) is 55.1 Å². The Balaban J connectivity index is 1.39. The Morgan fingerprint density at radius 2 is 1.96 bits per heavy atom. The van der Waals surface area contributed by atoms with Crippen LogP contribution in [0.3, 0.4) is 0 Å². The molecule has 2 aromatic heterocycles. The fourth-order valence-corrected chi connectivity index (χ4v) is 3.33. The monoisotopic (exact) mass is 322 g/mol. The van der Waals surface area contributed by atoms with Crippen molar-refractivity contribution in [2.75, 3.05) is 13.1 Å². The van der Waals surface area contributed by atoms with Crippen LogP contribution in [-0.4, -0.2) is 32.9 Å². The van der Waals surface area contributed by atoms with Crippen LogP contribution < -0.4 is 0 Å². The minimum Gasteiger partial charge on any atom is -0.440 e. The summed E-state index contributed by atoms with van der Waals surface area (Å²) in [6, 6.07) is 10.0.